The summed E-state index contributed by atoms with van der Waals surface area (Å²) in [6.45, 7) is 5.69. The Labute approximate surface area is 95.6 Å². The van der Waals surface area contributed by atoms with E-state index < -0.39 is 0 Å². The maximum absolute atomic E-state index is 9.52. The Bertz CT molecular complexity index is 379. The second kappa shape index (κ2) is 4.31. The number of hydrogen-bond acceptors (Lipinski definition) is 4. The fraction of sp³-hybridized carbons (Fsp3) is 0.500. The highest BCUT2D eigenvalue weighted by molar-refractivity contribution is 5.62. The van der Waals surface area contributed by atoms with Crippen molar-refractivity contribution >= 4 is 5.69 Å². The second-order valence-electron chi connectivity index (χ2n) is 4.52. The number of fused-ring (bicyclic) bond motifs is 1. The van der Waals surface area contributed by atoms with E-state index in [4.69, 9.17) is 10.7 Å². The van der Waals surface area contributed by atoms with Crippen LogP contribution in [0.3, 0.4) is 0 Å². The molecule has 1 aliphatic rings. The number of phenols is 1. The van der Waals surface area contributed by atoms with Crippen molar-refractivity contribution in [3.63, 3.8) is 0 Å². The van der Waals surface area contributed by atoms with Gasteiger partial charge in [0.1, 0.15) is 5.75 Å². The molecule has 0 saturated carbocycles. The van der Waals surface area contributed by atoms with Gasteiger partial charge in [-0.3, -0.25) is 0 Å². The van der Waals surface area contributed by atoms with Gasteiger partial charge in [0.25, 0.3) is 0 Å². The van der Waals surface area contributed by atoms with Crippen molar-refractivity contribution in [2.75, 3.05) is 18.1 Å². The van der Waals surface area contributed by atoms with E-state index in [2.05, 4.69) is 18.7 Å². The van der Waals surface area contributed by atoms with Crippen LogP contribution in [0.4, 0.5) is 5.69 Å². The number of aromatic hydroxyl groups is 1. The zero-order valence-corrected chi connectivity index (χ0v) is 9.68. The molecule has 1 atom stereocenters. The van der Waals surface area contributed by atoms with Crippen LogP contribution in [0, 0.1) is 0 Å². The van der Waals surface area contributed by atoms with Crippen LogP contribution in [0.2, 0.25) is 0 Å². The molecule has 88 valence electrons. The van der Waals surface area contributed by atoms with Crippen LogP contribution < -0.4 is 10.8 Å². The molecule has 0 fully saturated rings. The monoisotopic (exact) mass is 222 g/mol. The normalized spacial score (nSPS) is 19.2. The van der Waals surface area contributed by atoms with Crippen LogP contribution in [0.1, 0.15) is 25.3 Å². The van der Waals surface area contributed by atoms with Crippen molar-refractivity contribution < 1.29 is 9.94 Å². The summed E-state index contributed by atoms with van der Waals surface area (Å²) in [5, 5.41) is 9.52. The number of anilines is 1. The summed E-state index contributed by atoms with van der Waals surface area (Å²) in [5.41, 5.74) is 2.30. The lowest BCUT2D eigenvalue weighted by molar-refractivity contribution is 0.125. The third kappa shape index (κ3) is 1.86. The summed E-state index contributed by atoms with van der Waals surface area (Å²) in [6.07, 6.45) is 0. The standard InChI is InChI=1S/C12H18N2O2/c1-8(2)14-6-9(7-16-13)11-5-10(15)3-4-12(11)14/h3-5,8-9,15H,6-7,13H2,1-2H3. The smallest absolute Gasteiger partial charge is 0.116 e. The average molecular weight is 222 g/mol. The summed E-state index contributed by atoms with van der Waals surface area (Å²) in [4.78, 5) is 7.05. The summed E-state index contributed by atoms with van der Waals surface area (Å²) < 4.78 is 0. The zero-order chi connectivity index (χ0) is 11.7. The van der Waals surface area contributed by atoms with Gasteiger partial charge in [0.15, 0.2) is 0 Å². The van der Waals surface area contributed by atoms with Gasteiger partial charge in [0, 0.05) is 24.2 Å². The number of hydrogen-bond donors (Lipinski definition) is 2. The van der Waals surface area contributed by atoms with Gasteiger partial charge in [-0.1, -0.05) is 0 Å². The van der Waals surface area contributed by atoms with Crippen molar-refractivity contribution in [3.8, 4) is 5.75 Å². The Balaban J connectivity index is 2.36. The second-order valence-corrected chi connectivity index (χ2v) is 4.52. The van der Waals surface area contributed by atoms with Crippen molar-refractivity contribution in [3.05, 3.63) is 23.8 Å². The van der Waals surface area contributed by atoms with Gasteiger partial charge in [-0.25, -0.2) is 5.90 Å². The summed E-state index contributed by atoms with van der Waals surface area (Å²) in [5.74, 6) is 5.69. The minimum absolute atomic E-state index is 0.245. The largest absolute Gasteiger partial charge is 0.508 e. The highest BCUT2D eigenvalue weighted by Gasteiger charge is 2.30. The molecular weight excluding hydrogens is 204 g/mol. The first-order valence-corrected chi connectivity index (χ1v) is 5.54. The molecule has 1 unspecified atom stereocenters. The Morgan fingerprint density at radius 2 is 2.31 bits per heavy atom. The molecular formula is C12H18N2O2. The van der Waals surface area contributed by atoms with Gasteiger partial charge < -0.3 is 14.8 Å². The minimum atomic E-state index is 0.245. The molecule has 2 rings (SSSR count). The molecule has 0 amide bonds. The molecule has 1 aromatic rings. The number of rotatable bonds is 3. The third-order valence-corrected chi connectivity index (χ3v) is 3.10. The molecule has 0 aliphatic carbocycles. The molecule has 4 nitrogen and oxygen atoms in total. The van der Waals surface area contributed by atoms with Crippen LogP contribution in [0.15, 0.2) is 18.2 Å². The maximum atomic E-state index is 9.52. The topological polar surface area (TPSA) is 58.7 Å². The lowest BCUT2D eigenvalue weighted by Crippen LogP contribution is -2.30. The van der Waals surface area contributed by atoms with Gasteiger partial charge in [-0.15, -0.1) is 0 Å². The molecule has 16 heavy (non-hydrogen) atoms. The first-order valence-electron chi connectivity index (χ1n) is 5.54. The van der Waals surface area contributed by atoms with Crippen LogP contribution >= 0.6 is 0 Å². The quantitative estimate of drug-likeness (QED) is 0.763. The number of nitrogens with zero attached hydrogens (tertiary/aromatic N) is 1. The fourth-order valence-corrected chi connectivity index (χ4v) is 2.31. The first kappa shape index (κ1) is 11.2. The molecule has 0 saturated heterocycles. The SMILES string of the molecule is CC(C)N1CC(CON)c2cc(O)ccc21. The van der Waals surface area contributed by atoms with E-state index in [1.54, 1.807) is 12.1 Å². The van der Waals surface area contributed by atoms with E-state index in [1.807, 2.05) is 6.07 Å². The van der Waals surface area contributed by atoms with E-state index in [-0.39, 0.29) is 5.92 Å². The predicted octanol–water partition coefficient (Wildman–Crippen LogP) is 1.59. The molecule has 0 aromatic heterocycles. The molecule has 0 bridgehead atoms. The van der Waals surface area contributed by atoms with Gasteiger partial charge in [-0.05, 0) is 37.6 Å². The van der Waals surface area contributed by atoms with E-state index in [9.17, 15) is 5.11 Å². The lowest BCUT2D eigenvalue weighted by atomic mass is 10.0. The van der Waals surface area contributed by atoms with Gasteiger partial charge in [0.2, 0.25) is 0 Å². The molecule has 0 radical (unpaired) electrons. The molecule has 1 aromatic carbocycles. The zero-order valence-electron chi connectivity index (χ0n) is 9.68. The summed E-state index contributed by atoms with van der Waals surface area (Å²) in [6, 6.07) is 5.92. The summed E-state index contributed by atoms with van der Waals surface area (Å²) in [7, 11) is 0. The highest BCUT2D eigenvalue weighted by Crippen LogP contribution is 2.39. The Hall–Kier alpha value is -1.26. The highest BCUT2D eigenvalue weighted by atomic mass is 16.6. The molecule has 3 N–H and O–H groups in total. The van der Waals surface area contributed by atoms with Gasteiger partial charge in [0.05, 0.1) is 6.61 Å². The number of benzene rings is 1. The lowest BCUT2D eigenvalue weighted by Gasteiger charge is -2.24. The summed E-state index contributed by atoms with van der Waals surface area (Å²) >= 11 is 0. The molecule has 4 heteroatoms. The van der Waals surface area contributed by atoms with Crippen molar-refractivity contribution in [1.82, 2.24) is 0 Å². The van der Waals surface area contributed by atoms with Crippen LogP contribution in [0.25, 0.3) is 0 Å². The van der Waals surface area contributed by atoms with Crippen molar-refractivity contribution in [1.29, 1.82) is 0 Å². The van der Waals surface area contributed by atoms with E-state index >= 15 is 0 Å². The van der Waals surface area contributed by atoms with Crippen molar-refractivity contribution in [2.24, 2.45) is 5.90 Å². The first-order chi connectivity index (χ1) is 7.63. The predicted molar refractivity (Wildman–Crippen MR) is 63.5 cm³/mol. The third-order valence-electron chi connectivity index (χ3n) is 3.10. The molecule has 1 heterocycles. The van der Waals surface area contributed by atoms with Gasteiger partial charge in [-0.2, -0.15) is 0 Å². The van der Waals surface area contributed by atoms with Crippen molar-refractivity contribution in [2.45, 2.75) is 25.8 Å². The van der Waals surface area contributed by atoms with Crippen LogP contribution in [-0.2, 0) is 4.84 Å². The Morgan fingerprint density at radius 1 is 1.56 bits per heavy atom. The van der Waals surface area contributed by atoms with Gasteiger partial charge >= 0.3 is 0 Å². The minimum Gasteiger partial charge on any atom is -0.508 e. The van der Waals surface area contributed by atoms with Crippen LogP contribution in [0.5, 0.6) is 5.75 Å². The maximum Gasteiger partial charge on any atom is 0.116 e. The van der Waals surface area contributed by atoms with E-state index in [0.717, 1.165) is 12.1 Å². The Kier molecular flexibility index (Phi) is 3.03. The molecule has 1 aliphatic heterocycles. The Morgan fingerprint density at radius 3 is 2.94 bits per heavy atom. The average Bonchev–Trinajstić information content (AvgIpc) is 2.58. The van der Waals surface area contributed by atoms with E-state index in [1.165, 1.54) is 5.69 Å². The van der Waals surface area contributed by atoms with E-state index in [0.29, 0.717) is 18.4 Å². The fourth-order valence-electron chi connectivity index (χ4n) is 2.31. The number of nitrogens with two attached hydrogens (primary N) is 1. The number of phenolic OH excluding ortho intramolecular Hbond substituents is 1. The molecule has 0 spiro atoms. The van der Waals surface area contributed by atoms with Crippen LogP contribution in [-0.4, -0.2) is 24.3 Å².